The molecule has 1 aliphatic heterocycles. The first kappa shape index (κ1) is 18.3. The molecule has 9 heteroatoms. The van der Waals surface area contributed by atoms with Gasteiger partial charge >= 0.3 is 0 Å². The van der Waals surface area contributed by atoms with Gasteiger partial charge in [0, 0.05) is 31.4 Å². The minimum atomic E-state index is -1.11. The lowest BCUT2D eigenvalue weighted by Crippen LogP contribution is -2.50. The molecule has 28 heavy (non-hydrogen) atoms. The third-order valence-electron chi connectivity index (χ3n) is 4.87. The number of nitriles is 1. The Bertz CT molecular complexity index is 1060. The quantitative estimate of drug-likeness (QED) is 0.748. The van der Waals surface area contributed by atoms with Gasteiger partial charge in [-0.25, -0.2) is 18.2 Å². The molecule has 0 amide bonds. The van der Waals surface area contributed by atoms with Crippen LogP contribution in [0.5, 0.6) is 0 Å². The molecule has 0 bridgehead atoms. The molecule has 3 aromatic rings. The highest BCUT2D eigenvalue weighted by molar-refractivity contribution is 5.80. The van der Waals surface area contributed by atoms with Crippen LogP contribution in [0.15, 0.2) is 30.5 Å². The number of benzene rings is 1. The maximum atomic E-state index is 14.6. The van der Waals surface area contributed by atoms with Crippen molar-refractivity contribution in [2.45, 2.75) is 25.2 Å². The van der Waals surface area contributed by atoms with Gasteiger partial charge in [0.1, 0.15) is 23.6 Å². The monoisotopic (exact) mass is 386 g/mol. The van der Waals surface area contributed by atoms with E-state index in [1.54, 1.807) is 21.6 Å². The average Bonchev–Trinajstić information content (AvgIpc) is 3.03. The van der Waals surface area contributed by atoms with Gasteiger partial charge in [0.15, 0.2) is 5.82 Å². The van der Waals surface area contributed by atoms with Crippen molar-refractivity contribution in [2.24, 2.45) is 5.73 Å². The van der Waals surface area contributed by atoms with Crippen molar-refractivity contribution in [1.82, 2.24) is 14.5 Å². The number of rotatable bonds is 3. The van der Waals surface area contributed by atoms with Gasteiger partial charge in [-0.15, -0.1) is 0 Å². The van der Waals surface area contributed by atoms with Crippen molar-refractivity contribution < 1.29 is 13.2 Å². The van der Waals surface area contributed by atoms with Gasteiger partial charge in [-0.3, -0.25) is 4.98 Å². The van der Waals surface area contributed by atoms with E-state index in [2.05, 4.69) is 9.97 Å². The molecule has 0 aliphatic carbocycles. The lowest BCUT2D eigenvalue weighted by atomic mass is 10.1. The number of fused-ring (bicyclic) bond motifs is 1. The number of piperidine rings is 1. The second kappa shape index (κ2) is 7.13. The number of aromatic nitrogens is 3. The van der Waals surface area contributed by atoms with Crippen molar-refractivity contribution in [2.75, 3.05) is 18.0 Å². The summed E-state index contributed by atoms with van der Waals surface area (Å²) in [6, 6.07) is 6.54. The first-order valence-electron chi connectivity index (χ1n) is 8.81. The number of anilines is 1. The second-order valence-electron chi connectivity index (χ2n) is 6.82. The lowest BCUT2D eigenvalue weighted by Gasteiger charge is -2.34. The van der Waals surface area contributed by atoms with Crippen LogP contribution >= 0.6 is 0 Å². The van der Waals surface area contributed by atoms with Crippen LogP contribution in [0.4, 0.5) is 19.1 Å². The maximum Gasteiger partial charge on any atom is 0.207 e. The van der Waals surface area contributed by atoms with Crippen molar-refractivity contribution in [1.29, 1.82) is 5.26 Å². The summed E-state index contributed by atoms with van der Waals surface area (Å²) in [7, 11) is 0. The van der Waals surface area contributed by atoms with Crippen molar-refractivity contribution in [3.05, 3.63) is 53.4 Å². The molecule has 2 aromatic heterocycles. The number of imidazole rings is 1. The van der Waals surface area contributed by atoms with Crippen molar-refractivity contribution in [3.8, 4) is 6.07 Å². The zero-order chi connectivity index (χ0) is 19.8. The van der Waals surface area contributed by atoms with Gasteiger partial charge < -0.3 is 15.2 Å². The summed E-state index contributed by atoms with van der Waals surface area (Å²) in [5, 5.41) is 8.91. The molecular formula is C19H17F3N6. The molecule has 1 saturated heterocycles. The summed E-state index contributed by atoms with van der Waals surface area (Å²) >= 11 is 0. The fourth-order valence-electron chi connectivity index (χ4n) is 3.45. The topological polar surface area (TPSA) is 83.8 Å². The molecule has 3 heterocycles. The van der Waals surface area contributed by atoms with E-state index in [0.29, 0.717) is 23.8 Å². The van der Waals surface area contributed by atoms with Gasteiger partial charge in [0.25, 0.3) is 0 Å². The highest BCUT2D eigenvalue weighted by Gasteiger charge is 2.30. The van der Waals surface area contributed by atoms with Crippen molar-refractivity contribution in [3.63, 3.8) is 0 Å². The zero-order valence-electron chi connectivity index (χ0n) is 14.8. The molecule has 0 spiro atoms. The number of hydrogen-bond donors (Lipinski definition) is 1. The van der Waals surface area contributed by atoms with Crippen LogP contribution in [0.25, 0.3) is 11.0 Å². The Labute approximate surface area is 159 Å². The highest BCUT2D eigenvalue weighted by Crippen LogP contribution is 2.29. The fourth-order valence-corrected chi connectivity index (χ4v) is 3.45. The summed E-state index contributed by atoms with van der Waals surface area (Å²) in [5.41, 5.74) is 7.14. The Morgan fingerprint density at radius 1 is 1.29 bits per heavy atom. The van der Waals surface area contributed by atoms with E-state index < -0.39 is 23.8 Å². The number of nitrogens with two attached hydrogens (primary N) is 1. The van der Waals surface area contributed by atoms with Crippen LogP contribution in [0.3, 0.4) is 0 Å². The Morgan fingerprint density at radius 3 is 2.79 bits per heavy atom. The Hall–Kier alpha value is -3.12. The van der Waals surface area contributed by atoms with Crippen LogP contribution < -0.4 is 10.6 Å². The Morgan fingerprint density at radius 2 is 2.11 bits per heavy atom. The van der Waals surface area contributed by atoms with E-state index in [9.17, 15) is 13.2 Å². The molecule has 144 valence electrons. The van der Waals surface area contributed by atoms with Gasteiger partial charge in [0.2, 0.25) is 5.95 Å². The van der Waals surface area contributed by atoms with Crippen LogP contribution in [0.1, 0.15) is 17.7 Å². The Kier molecular flexibility index (Phi) is 4.65. The minimum absolute atomic E-state index is 0.138. The van der Waals surface area contributed by atoms with Crippen LogP contribution in [-0.2, 0) is 6.54 Å². The Balaban J connectivity index is 1.80. The zero-order valence-corrected chi connectivity index (χ0v) is 14.8. The number of halogens is 3. The van der Waals surface area contributed by atoms with Gasteiger partial charge in [-0.2, -0.15) is 5.26 Å². The van der Waals surface area contributed by atoms with E-state index in [1.807, 2.05) is 6.07 Å². The van der Waals surface area contributed by atoms with E-state index in [0.717, 1.165) is 12.1 Å². The molecular weight excluding hydrogens is 369 g/mol. The van der Waals surface area contributed by atoms with Gasteiger partial charge in [0.05, 0.1) is 29.4 Å². The third kappa shape index (κ3) is 3.27. The van der Waals surface area contributed by atoms with Crippen LogP contribution in [0, 0.1) is 23.0 Å². The molecule has 0 radical (unpaired) electrons. The number of alkyl halides is 1. The fraction of sp³-hybridized carbons (Fsp3) is 0.316. The van der Waals surface area contributed by atoms with Crippen LogP contribution in [-0.4, -0.2) is 39.8 Å². The summed E-state index contributed by atoms with van der Waals surface area (Å²) < 4.78 is 43.6. The molecule has 0 unspecified atom stereocenters. The molecule has 2 N–H and O–H groups in total. The summed E-state index contributed by atoms with van der Waals surface area (Å²) in [6.07, 6.45) is 0.550. The predicted molar refractivity (Wildman–Crippen MR) is 97.4 cm³/mol. The standard InChI is InChI=1S/C19H17F3N6/c20-12-5-15(22)18-17(6-12)26-19(27-4-3-14(21)16(24)10-27)28(18)9-13-2-1-11(7-23)8-25-13/h1-2,5-6,8,14,16H,3-4,9-10,24H2/t14-,16-/m1/s1. The molecule has 2 atom stereocenters. The summed E-state index contributed by atoms with van der Waals surface area (Å²) in [4.78, 5) is 10.4. The van der Waals surface area contributed by atoms with E-state index in [1.165, 1.54) is 6.20 Å². The predicted octanol–water partition coefficient (Wildman–Crippen LogP) is 2.50. The van der Waals surface area contributed by atoms with E-state index in [4.69, 9.17) is 11.0 Å². The first-order chi connectivity index (χ1) is 13.5. The molecule has 0 saturated carbocycles. The molecule has 6 nitrogen and oxygen atoms in total. The largest absolute Gasteiger partial charge is 0.340 e. The molecule has 1 aromatic carbocycles. The van der Waals surface area contributed by atoms with Gasteiger partial charge in [-0.1, -0.05) is 0 Å². The van der Waals surface area contributed by atoms with E-state index >= 15 is 0 Å². The van der Waals surface area contributed by atoms with Crippen LogP contribution in [0.2, 0.25) is 0 Å². The molecule has 1 fully saturated rings. The number of hydrogen-bond acceptors (Lipinski definition) is 5. The summed E-state index contributed by atoms with van der Waals surface area (Å²) in [5.74, 6) is -1.09. The summed E-state index contributed by atoms with van der Waals surface area (Å²) in [6.45, 7) is 0.739. The number of nitrogens with zero attached hydrogens (tertiary/aromatic N) is 5. The first-order valence-corrected chi connectivity index (χ1v) is 8.81. The average molecular weight is 386 g/mol. The van der Waals surface area contributed by atoms with E-state index in [-0.39, 0.29) is 30.5 Å². The third-order valence-corrected chi connectivity index (χ3v) is 4.87. The van der Waals surface area contributed by atoms with Gasteiger partial charge in [-0.05, 0) is 18.6 Å². The second-order valence-corrected chi connectivity index (χ2v) is 6.82. The smallest absolute Gasteiger partial charge is 0.207 e. The lowest BCUT2D eigenvalue weighted by molar-refractivity contribution is 0.243. The highest BCUT2D eigenvalue weighted by atomic mass is 19.1. The van der Waals surface area contributed by atoms with Crippen molar-refractivity contribution >= 4 is 17.0 Å². The maximum absolute atomic E-state index is 14.6. The molecule has 1 aliphatic rings. The SMILES string of the molecule is N#Cc1ccc(Cn2c(N3CC[C@@H](F)[C@H](N)C3)nc3cc(F)cc(F)c32)nc1. The number of pyridine rings is 1. The molecule has 4 rings (SSSR count). The minimum Gasteiger partial charge on any atom is -0.340 e. The normalized spacial score (nSPS) is 19.8.